The van der Waals surface area contributed by atoms with Gasteiger partial charge in [-0.25, -0.2) is 5.48 Å². The van der Waals surface area contributed by atoms with Crippen molar-refractivity contribution < 1.29 is 19.8 Å². The molecular formula is C8H8N4O5. The van der Waals surface area contributed by atoms with Crippen LogP contribution >= 0.6 is 0 Å². The Bertz CT molecular complexity index is 467. The van der Waals surface area contributed by atoms with Crippen LogP contribution in [0.5, 0.6) is 0 Å². The fraction of sp³-hybridized carbons (Fsp3) is 0.125. The molecule has 0 unspecified atom stereocenters. The minimum atomic E-state index is -1.03. The van der Waals surface area contributed by atoms with Crippen molar-refractivity contribution in [1.29, 1.82) is 0 Å². The third-order valence-corrected chi connectivity index (χ3v) is 2.06. The Morgan fingerprint density at radius 1 is 1.65 bits per heavy atom. The Labute approximate surface area is 94.7 Å². The molecular weight excluding hydrogens is 232 g/mol. The van der Waals surface area contributed by atoms with Gasteiger partial charge in [0, 0.05) is 6.08 Å². The molecule has 17 heavy (non-hydrogen) atoms. The number of hydroxylamine groups is 3. The molecule has 90 valence electrons. The van der Waals surface area contributed by atoms with Crippen LogP contribution in [0, 0.1) is 10.1 Å². The van der Waals surface area contributed by atoms with E-state index in [0.717, 1.165) is 5.06 Å². The maximum Gasteiger partial charge on any atom is 0.355 e. The lowest BCUT2D eigenvalue weighted by atomic mass is 10.2. The Morgan fingerprint density at radius 2 is 2.41 bits per heavy atom. The van der Waals surface area contributed by atoms with Crippen LogP contribution in [0.1, 0.15) is 0 Å². The smallest absolute Gasteiger partial charge is 0.355 e. The van der Waals surface area contributed by atoms with Crippen LogP contribution in [-0.2, 0) is 9.73 Å². The van der Waals surface area contributed by atoms with Crippen molar-refractivity contribution in [2.75, 3.05) is 6.54 Å². The van der Waals surface area contributed by atoms with Gasteiger partial charge in [0.05, 0.1) is 11.9 Å². The third kappa shape index (κ3) is 2.03. The Morgan fingerprint density at radius 3 is 3.06 bits per heavy atom. The van der Waals surface area contributed by atoms with Crippen molar-refractivity contribution in [2.45, 2.75) is 0 Å². The van der Waals surface area contributed by atoms with Gasteiger partial charge in [-0.05, 0) is 16.1 Å². The molecule has 0 fully saturated rings. The van der Waals surface area contributed by atoms with Crippen LogP contribution in [0.25, 0.3) is 0 Å². The number of hydrogen-bond acceptors (Lipinski definition) is 7. The highest BCUT2D eigenvalue weighted by atomic mass is 16.8. The molecule has 2 aliphatic rings. The van der Waals surface area contributed by atoms with E-state index in [-0.39, 0.29) is 12.4 Å². The van der Waals surface area contributed by atoms with Gasteiger partial charge in [-0.2, -0.15) is 0 Å². The molecule has 0 spiro atoms. The van der Waals surface area contributed by atoms with Gasteiger partial charge in [0.25, 0.3) is 0 Å². The number of carboxylic acid groups (broad SMARTS) is 1. The normalized spacial score (nSPS) is 17.4. The predicted octanol–water partition coefficient (Wildman–Crippen LogP) is -0.731. The first-order chi connectivity index (χ1) is 8.09. The van der Waals surface area contributed by atoms with Gasteiger partial charge in [0.2, 0.25) is 5.70 Å². The molecule has 9 nitrogen and oxygen atoms in total. The molecule has 0 aromatic carbocycles. The van der Waals surface area contributed by atoms with Crippen LogP contribution in [0.3, 0.4) is 0 Å². The average Bonchev–Trinajstić information content (AvgIpc) is 2.73. The van der Waals surface area contributed by atoms with E-state index in [1.807, 2.05) is 0 Å². The highest BCUT2D eigenvalue weighted by Crippen LogP contribution is 2.26. The van der Waals surface area contributed by atoms with Gasteiger partial charge in [-0.3, -0.25) is 4.79 Å². The lowest BCUT2D eigenvalue weighted by Gasteiger charge is -2.17. The molecule has 0 bridgehead atoms. The fourth-order valence-electron chi connectivity index (χ4n) is 1.37. The quantitative estimate of drug-likeness (QED) is 0.435. The molecule has 2 aliphatic heterocycles. The molecule has 0 radical (unpaired) electrons. The summed E-state index contributed by atoms with van der Waals surface area (Å²) in [6, 6.07) is 0. The number of nitrogens with one attached hydrogen (secondary N) is 2. The first kappa shape index (κ1) is 11.0. The number of allylic oxidation sites excluding steroid dienone is 2. The molecule has 3 N–H and O–H groups in total. The minimum Gasteiger partial charge on any atom is -0.480 e. The molecule has 2 heterocycles. The van der Waals surface area contributed by atoms with Gasteiger partial charge in [-0.1, -0.05) is 4.94 Å². The SMILES string of the molecule is O=C(O)CNC1=CC=C([N+](=O)[O-])N2ONC=C12. The van der Waals surface area contributed by atoms with Crippen molar-refractivity contribution in [2.24, 2.45) is 0 Å². The Balaban J connectivity index is 2.22. The van der Waals surface area contributed by atoms with Crippen molar-refractivity contribution in [3.8, 4) is 0 Å². The Kier molecular flexibility index (Phi) is 2.66. The monoisotopic (exact) mass is 240 g/mol. The van der Waals surface area contributed by atoms with E-state index in [4.69, 9.17) is 10.0 Å². The molecule has 0 aromatic heterocycles. The van der Waals surface area contributed by atoms with Gasteiger partial charge >= 0.3 is 11.8 Å². The van der Waals surface area contributed by atoms with E-state index in [9.17, 15) is 14.9 Å². The van der Waals surface area contributed by atoms with Crippen LogP contribution in [0.2, 0.25) is 0 Å². The van der Waals surface area contributed by atoms with Gasteiger partial charge in [0.15, 0.2) is 0 Å². The highest BCUT2D eigenvalue weighted by Gasteiger charge is 2.37. The van der Waals surface area contributed by atoms with E-state index in [0.29, 0.717) is 11.4 Å². The second kappa shape index (κ2) is 4.14. The molecule has 0 atom stereocenters. The number of nitrogens with zero attached hydrogens (tertiary/aromatic N) is 2. The predicted molar refractivity (Wildman–Crippen MR) is 52.9 cm³/mol. The summed E-state index contributed by atoms with van der Waals surface area (Å²) in [7, 11) is 0. The summed E-state index contributed by atoms with van der Waals surface area (Å²) in [5.74, 6) is -1.30. The van der Waals surface area contributed by atoms with Gasteiger partial charge < -0.3 is 20.5 Å². The minimum absolute atomic E-state index is 0.262. The summed E-state index contributed by atoms with van der Waals surface area (Å²) in [6.45, 7) is -0.293. The first-order valence-electron chi connectivity index (χ1n) is 4.55. The second-order valence-electron chi connectivity index (χ2n) is 3.14. The first-order valence-corrected chi connectivity index (χ1v) is 4.55. The lowest BCUT2D eigenvalue weighted by Crippen LogP contribution is -2.32. The summed E-state index contributed by atoms with van der Waals surface area (Å²) >= 11 is 0. The van der Waals surface area contributed by atoms with Crippen molar-refractivity contribution in [3.05, 3.63) is 45.7 Å². The molecule has 0 aliphatic carbocycles. The van der Waals surface area contributed by atoms with E-state index >= 15 is 0 Å². The number of carboxylic acids is 1. The van der Waals surface area contributed by atoms with Gasteiger partial charge in [-0.15, -0.1) is 0 Å². The lowest BCUT2D eigenvalue weighted by molar-refractivity contribution is -0.465. The number of fused-ring (bicyclic) bond motifs is 1. The number of rotatable bonds is 4. The number of aliphatic carboxylic acids is 1. The highest BCUT2D eigenvalue weighted by molar-refractivity contribution is 5.69. The molecule has 0 saturated heterocycles. The summed E-state index contributed by atoms with van der Waals surface area (Å²) in [6.07, 6.45) is 4.02. The van der Waals surface area contributed by atoms with Crippen molar-refractivity contribution in [3.63, 3.8) is 0 Å². The van der Waals surface area contributed by atoms with E-state index in [1.54, 1.807) is 0 Å². The van der Waals surface area contributed by atoms with E-state index < -0.39 is 10.9 Å². The fourth-order valence-corrected chi connectivity index (χ4v) is 1.37. The zero-order valence-electron chi connectivity index (χ0n) is 8.41. The van der Waals surface area contributed by atoms with Crippen LogP contribution in [-0.4, -0.2) is 27.6 Å². The van der Waals surface area contributed by atoms with Crippen molar-refractivity contribution in [1.82, 2.24) is 15.9 Å². The Hall–Kier alpha value is -2.55. The largest absolute Gasteiger partial charge is 0.480 e. The van der Waals surface area contributed by atoms with Crippen LogP contribution in [0.4, 0.5) is 0 Å². The number of carbonyl (C=O) groups is 1. The second-order valence-corrected chi connectivity index (χ2v) is 3.14. The maximum atomic E-state index is 10.7. The molecule has 2 rings (SSSR count). The molecule has 9 heteroatoms. The van der Waals surface area contributed by atoms with E-state index in [1.165, 1.54) is 18.4 Å². The molecule has 0 amide bonds. The van der Waals surface area contributed by atoms with Crippen LogP contribution < -0.4 is 10.8 Å². The molecule has 0 saturated carbocycles. The van der Waals surface area contributed by atoms with Crippen molar-refractivity contribution >= 4 is 5.97 Å². The summed E-state index contributed by atoms with van der Waals surface area (Å²) in [4.78, 5) is 25.3. The third-order valence-electron chi connectivity index (χ3n) is 2.06. The summed E-state index contributed by atoms with van der Waals surface area (Å²) in [5, 5.41) is 22.8. The summed E-state index contributed by atoms with van der Waals surface area (Å²) < 4.78 is 0. The summed E-state index contributed by atoms with van der Waals surface area (Å²) in [5.41, 5.74) is 3.12. The average molecular weight is 240 g/mol. The number of hydrogen-bond donors (Lipinski definition) is 3. The topological polar surface area (TPSA) is 117 Å². The van der Waals surface area contributed by atoms with E-state index in [2.05, 4.69) is 10.8 Å². The van der Waals surface area contributed by atoms with Gasteiger partial charge in [0.1, 0.15) is 6.54 Å². The standard InChI is InChI=1S/C8H8N4O5/c13-8(14)4-9-5-1-2-7(12(15)16)11-6(5)3-10-17-11/h1-3,9-10H,4H2,(H,13,14). The number of nitro groups is 1. The van der Waals surface area contributed by atoms with Crippen LogP contribution in [0.15, 0.2) is 35.6 Å². The zero-order valence-corrected chi connectivity index (χ0v) is 8.41. The zero-order chi connectivity index (χ0) is 12.4. The molecule has 0 aromatic rings. The maximum absolute atomic E-state index is 10.7.